The zero-order chi connectivity index (χ0) is 24.1. The molecule has 0 radical (unpaired) electrons. The molecule has 2 amide bonds. The molecular weight excluding hydrogens is 476 g/mol. The van der Waals surface area contributed by atoms with E-state index in [4.69, 9.17) is 23.2 Å². The molecule has 11 nitrogen and oxygen atoms in total. The normalized spacial score (nSPS) is 12.1. The third-order valence-electron chi connectivity index (χ3n) is 4.86. The maximum absolute atomic E-state index is 14.7. The van der Waals surface area contributed by atoms with Crippen LogP contribution < -0.4 is 10.6 Å². The molecule has 0 bridgehead atoms. The van der Waals surface area contributed by atoms with Gasteiger partial charge >= 0.3 is 0 Å². The molecule has 0 spiro atoms. The Morgan fingerprint density at radius 1 is 1.24 bits per heavy atom. The average molecular weight is 498 g/mol. The Kier molecular flexibility index (Phi) is 7.92. The lowest BCUT2D eigenvalue weighted by Crippen LogP contribution is -2.44. The summed E-state index contributed by atoms with van der Waals surface area (Å²) in [7, 11) is 1.49. The minimum absolute atomic E-state index is 0.00723. The number of anilines is 1. The van der Waals surface area contributed by atoms with Crippen molar-refractivity contribution in [1.82, 2.24) is 40.7 Å². The second kappa shape index (κ2) is 10.7. The largest absolute Gasteiger partial charge is 0.337 e. The van der Waals surface area contributed by atoms with Gasteiger partial charge in [0, 0.05) is 23.9 Å². The van der Waals surface area contributed by atoms with E-state index in [1.807, 2.05) is 0 Å². The Morgan fingerprint density at radius 3 is 2.58 bits per heavy atom. The van der Waals surface area contributed by atoms with Crippen molar-refractivity contribution in [3.63, 3.8) is 0 Å². The van der Waals surface area contributed by atoms with Crippen molar-refractivity contribution < 1.29 is 14.0 Å². The lowest BCUT2D eigenvalue weighted by Gasteiger charge is -2.18. The molecule has 33 heavy (non-hydrogen) atoms. The molecule has 3 aromatic rings. The summed E-state index contributed by atoms with van der Waals surface area (Å²) in [6.07, 6.45) is 1.10. The molecule has 3 heterocycles. The number of halogens is 3. The summed E-state index contributed by atoms with van der Waals surface area (Å²) in [5, 5.41) is 22.6. The van der Waals surface area contributed by atoms with Crippen LogP contribution in [0.3, 0.4) is 0 Å². The van der Waals surface area contributed by atoms with Crippen LogP contribution in [0.25, 0.3) is 11.1 Å². The topological polar surface area (TPSA) is 143 Å². The average Bonchev–Trinajstić information content (AvgIpc) is 3.32. The minimum Gasteiger partial charge on any atom is -0.337 e. The SMILES string of the molecule is Cc1n[nH]c(C)c1-c1ccc(NC(=O)[C@H](CCCC(Cl)Cl)NC(=O)c2nnnn2C)nc1F. The summed E-state index contributed by atoms with van der Waals surface area (Å²) in [6, 6.07) is 2.00. The van der Waals surface area contributed by atoms with Crippen LogP contribution in [0, 0.1) is 19.8 Å². The van der Waals surface area contributed by atoms with E-state index in [-0.39, 0.29) is 23.6 Å². The lowest BCUT2D eigenvalue weighted by atomic mass is 10.1. The molecule has 0 saturated heterocycles. The van der Waals surface area contributed by atoms with E-state index in [0.29, 0.717) is 29.8 Å². The van der Waals surface area contributed by atoms with Gasteiger partial charge < -0.3 is 10.6 Å². The van der Waals surface area contributed by atoms with Gasteiger partial charge in [0.15, 0.2) is 0 Å². The number of H-pyrrole nitrogens is 1. The van der Waals surface area contributed by atoms with Crippen LogP contribution in [0.5, 0.6) is 0 Å². The summed E-state index contributed by atoms with van der Waals surface area (Å²) >= 11 is 11.5. The van der Waals surface area contributed by atoms with Crippen LogP contribution in [0.15, 0.2) is 12.1 Å². The standard InChI is InChI=1S/C19H22Cl2FN9O2/c1-9-15(10(2)27-26-9)11-7-8-14(24-16(11)22)25-18(32)12(5-4-6-13(20)21)23-19(33)17-28-29-30-31(17)3/h7-8,12-13H,4-6H2,1-3H3,(H,23,33)(H,26,27)(H,24,25,32)/t12-/m0/s1. The number of nitrogens with one attached hydrogen (secondary N) is 3. The molecule has 14 heteroatoms. The number of amides is 2. The van der Waals surface area contributed by atoms with Crippen LogP contribution in [-0.4, -0.2) is 58.1 Å². The third kappa shape index (κ3) is 6.02. The van der Waals surface area contributed by atoms with Gasteiger partial charge in [-0.25, -0.2) is 9.67 Å². The molecule has 0 aliphatic rings. The summed E-state index contributed by atoms with van der Waals surface area (Å²) in [5.41, 5.74) is 2.19. The van der Waals surface area contributed by atoms with Crippen LogP contribution in [-0.2, 0) is 11.8 Å². The molecule has 3 rings (SSSR count). The van der Waals surface area contributed by atoms with E-state index in [2.05, 4.69) is 41.3 Å². The van der Waals surface area contributed by atoms with Gasteiger partial charge in [0.1, 0.15) is 16.7 Å². The monoisotopic (exact) mass is 497 g/mol. The van der Waals surface area contributed by atoms with Gasteiger partial charge in [0.05, 0.1) is 5.69 Å². The first-order valence-corrected chi connectivity index (χ1v) is 10.8. The number of hydrogen-bond donors (Lipinski definition) is 3. The first-order chi connectivity index (χ1) is 15.7. The quantitative estimate of drug-likeness (QED) is 0.304. The van der Waals surface area contributed by atoms with Crippen molar-refractivity contribution in [2.24, 2.45) is 7.05 Å². The summed E-state index contributed by atoms with van der Waals surface area (Å²) < 4.78 is 15.9. The van der Waals surface area contributed by atoms with Gasteiger partial charge in [0.25, 0.3) is 5.91 Å². The van der Waals surface area contributed by atoms with E-state index in [9.17, 15) is 14.0 Å². The molecule has 0 aliphatic carbocycles. The number of hydrogen-bond acceptors (Lipinski definition) is 7. The van der Waals surface area contributed by atoms with Crippen molar-refractivity contribution in [1.29, 1.82) is 0 Å². The van der Waals surface area contributed by atoms with Gasteiger partial charge in [-0.15, -0.1) is 28.3 Å². The number of rotatable bonds is 9. The fourth-order valence-electron chi connectivity index (χ4n) is 3.24. The number of pyridine rings is 1. The maximum Gasteiger partial charge on any atom is 0.291 e. The van der Waals surface area contributed by atoms with E-state index in [1.54, 1.807) is 13.8 Å². The summed E-state index contributed by atoms with van der Waals surface area (Å²) in [6.45, 7) is 3.52. The molecule has 0 unspecified atom stereocenters. The number of nitrogens with zero attached hydrogens (tertiary/aromatic N) is 6. The molecule has 3 aromatic heterocycles. The summed E-state index contributed by atoms with van der Waals surface area (Å²) in [4.78, 5) is 28.6. The van der Waals surface area contributed by atoms with Crippen molar-refractivity contribution in [2.75, 3.05) is 5.32 Å². The molecule has 3 N–H and O–H groups in total. The number of carbonyl (C=O) groups is 2. The van der Waals surface area contributed by atoms with Crippen LogP contribution >= 0.6 is 23.2 Å². The smallest absolute Gasteiger partial charge is 0.291 e. The van der Waals surface area contributed by atoms with Crippen LogP contribution in [0.2, 0.25) is 0 Å². The highest BCUT2D eigenvalue weighted by Crippen LogP contribution is 2.28. The first kappa shape index (κ1) is 24.5. The van der Waals surface area contributed by atoms with Crippen molar-refractivity contribution in [3.8, 4) is 11.1 Å². The predicted octanol–water partition coefficient (Wildman–Crippen LogP) is 2.46. The van der Waals surface area contributed by atoms with Gasteiger partial charge in [-0.2, -0.15) is 9.49 Å². The number of aromatic amines is 1. The molecule has 0 saturated carbocycles. The van der Waals surface area contributed by atoms with Gasteiger partial charge in [0.2, 0.25) is 17.7 Å². The van der Waals surface area contributed by atoms with Crippen LogP contribution in [0.1, 0.15) is 41.3 Å². The number of alkyl halides is 2. The molecule has 1 atom stereocenters. The van der Waals surface area contributed by atoms with Gasteiger partial charge in [-0.05, 0) is 55.7 Å². The molecule has 0 fully saturated rings. The van der Waals surface area contributed by atoms with Gasteiger partial charge in [-0.1, -0.05) is 0 Å². The maximum atomic E-state index is 14.7. The van der Waals surface area contributed by atoms with Crippen LogP contribution in [0.4, 0.5) is 10.2 Å². The Balaban J connectivity index is 1.75. The molecule has 0 aromatic carbocycles. The van der Waals surface area contributed by atoms with Crippen molar-refractivity contribution >= 4 is 40.8 Å². The predicted molar refractivity (Wildman–Crippen MR) is 119 cm³/mol. The highest BCUT2D eigenvalue weighted by molar-refractivity contribution is 6.44. The van der Waals surface area contributed by atoms with E-state index in [0.717, 1.165) is 0 Å². The third-order valence-corrected chi connectivity index (χ3v) is 5.29. The Labute approximate surface area is 198 Å². The Bertz CT molecular complexity index is 1130. The highest BCUT2D eigenvalue weighted by atomic mass is 35.5. The fourth-order valence-corrected chi connectivity index (χ4v) is 3.55. The second-order valence-corrected chi connectivity index (χ2v) is 8.58. The fraction of sp³-hybridized carbons (Fsp3) is 0.421. The number of aromatic nitrogens is 7. The summed E-state index contributed by atoms with van der Waals surface area (Å²) in [5.74, 6) is -2.07. The van der Waals surface area contributed by atoms with E-state index in [1.165, 1.54) is 23.9 Å². The lowest BCUT2D eigenvalue weighted by molar-refractivity contribution is -0.118. The zero-order valence-corrected chi connectivity index (χ0v) is 19.6. The molecule has 0 aliphatic heterocycles. The second-order valence-electron chi connectivity index (χ2n) is 7.31. The molecular formula is C19H22Cl2FN9O2. The molecule has 176 valence electrons. The number of aryl methyl sites for hydroxylation is 3. The zero-order valence-electron chi connectivity index (χ0n) is 18.1. The Morgan fingerprint density at radius 2 is 2.00 bits per heavy atom. The van der Waals surface area contributed by atoms with Gasteiger partial charge in [-0.3, -0.25) is 14.7 Å². The highest BCUT2D eigenvalue weighted by Gasteiger charge is 2.25. The first-order valence-electron chi connectivity index (χ1n) is 9.98. The van der Waals surface area contributed by atoms with Crippen molar-refractivity contribution in [2.45, 2.75) is 44.0 Å². The number of tetrazole rings is 1. The van der Waals surface area contributed by atoms with E-state index < -0.39 is 28.6 Å². The minimum atomic E-state index is -0.982. The van der Waals surface area contributed by atoms with E-state index >= 15 is 0 Å². The number of carbonyl (C=O) groups excluding carboxylic acids is 2. The Hall–Kier alpha value is -3.12. The van der Waals surface area contributed by atoms with Crippen molar-refractivity contribution in [3.05, 3.63) is 35.3 Å².